The van der Waals surface area contributed by atoms with Crippen molar-refractivity contribution < 1.29 is 9.53 Å². The summed E-state index contributed by atoms with van der Waals surface area (Å²) in [5.41, 5.74) is 12.2. The molecular formula is C35H53NO2. The van der Waals surface area contributed by atoms with Crippen molar-refractivity contribution in [3.8, 4) is 0 Å². The first kappa shape index (κ1) is 25.8. The third-order valence-electron chi connectivity index (χ3n) is 15.2. The monoisotopic (exact) mass is 519 g/mol. The number of hydrogen-bond acceptors (Lipinski definition) is 3. The molecule has 38 heavy (non-hydrogen) atoms. The zero-order valence-electron chi connectivity index (χ0n) is 25.1. The minimum atomic E-state index is -0.0119. The number of esters is 1. The van der Waals surface area contributed by atoms with Gasteiger partial charge in [0.1, 0.15) is 0 Å². The molecule has 0 aromatic heterocycles. The summed E-state index contributed by atoms with van der Waals surface area (Å²) in [5.74, 6) is 3.27. The van der Waals surface area contributed by atoms with Crippen molar-refractivity contribution in [1.29, 1.82) is 0 Å². The predicted molar refractivity (Wildman–Crippen MR) is 153 cm³/mol. The summed E-state index contributed by atoms with van der Waals surface area (Å²) in [4.78, 5) is 12.0. The van der Waals surface area contributed by atoms with Gasteiger partial charge in [-0.05, 0) is 139 Å². The Morgan fingerprint density at radius 3 is 2.34 bits per heavy atom. The lowest BCUT2D eigenvalue weighted by molar-refractivity contribution is -0.216. The van der Waals surface area contributed by atoms with Crippen LogP contribution in [0.2, 0.25) is 0 Å². The van der Waals surface area contributed by atoms with Crippen LogP contribution in [0.25, 0.3) is 0 Å². The van der Waals surface area contributed by atoms with Crippen LogP contribution in [0.15, 0.2) is 23.3 Å². The average Bonchev–Trinajstić information content (AvgIpc) is 3.20. The highest BCUT2D eigenvalue weighted by Gasteiger charge is 2.69. The molecule has 1 spiro atoms. The molecule has 7 aliphatic rings. The summed E-state index contributed by atoms with van der Waals surface area (Å²) in [6.07, 6.45) is 21.9. The molecule has 6 unspecified atom stereocenters. The first-order valence-corrected chi connectivity index (χ1v) is 16.1. The van der Waals surface area contributed by atoms with Gasteiger partial charge in [-0.3, -0.25) is 4.79 Å². The minimum Gasteiger partial charge on any atom is -0.469 e. The zero-order valence-corrected chi connectivity index (χ0v) is 25.1. The van der Waals surface area contributed by atoms with Crippen molar-refractivity contribution in [2.45, 2.75) is 124 Å². The molecule has 0 radical (unpaired) electrons. The highest BCUT2D eigenvalue weighted by molar-refractivity contribution is 5.74. The number of ether oxygens (including phenoxy) is 1. The van der Waals surface area contributed by atoms with Gasteiger partial charge >= 0.3 is 5.97 Å². The lowest BCUT2D eigenvalue weighted by atomic mass is 9.33. The largest absolute Gasteiger partial charge is 0.469 e. The molecule has 0 bridgehead atoms. The number of fused-ring (bicyclic) bond motifs is 7. The van der Waals surface area contributed by atoms with E-state index in [1.807, 2.05) is 0 Å². The topological polar surface area (TPSA) is 52.3 Å². The Labute approximate surface area is 231 Å². The quantitative estimate of drug-likeness (QED) is 0.376. The summed E-state index contributed by atoms with van der Waals surface area (Å²) in [5, 5.41) is 0. The molecule has 0 aliphatic heterocycles. The summed E-state index contributed by atoms with van der Waals surface area (Å²) in [6.45, 7) is 13.3. The van der Waals surface area contributed by atoms with Gasteiger partial charge in [-0.25, -0.2) is 0 Å². The fourth-order valence-corrected chi connectivity index (χ4v) is 13.2. The van der Waals surface area contributed by atoms with Crippen molar-refractivity contribution >= 4 is 5.97 Å². The van der Waals surface area contributed by atoms with Gasteiger partial charge < -0.3 is 10.5 Å². The smallest absolute Gasteiger partial charge is 0.308 e. The molecule has 3 heteroatoms. The Balaban J connectivity index is 1.16. The van der Waals surface area contributed by atoms with Gasteiger partial charge in [-0.1, -0.05) is 53.2 Å². The van der Waals surface area contributed by atoms with Crippen LogP contribution in [0.3, 0.4) is 0 Å². The van der Waals surface area contributed by atoms with Crippen molar-refractivity contribution in [1.82, 2.24) is 0 Å². The van der Waals surface area contributed by atoms with Gasteiger partial charge in [0.15, 0.2) is 0 Å². The number of methoxy groups -OCH3 is 1. The Hall–Kier alpha value is -1.09. The number of allylic oxidation sites excluding steroid dienone is 4. The molecule has 2 N–H and O–H groups in total. The van der Waals surface area contributed by atoms with Gasteiger partial charge in [-0.15, -0.1) is 0 Å². The van der Waals surface area contributed by atoms with Crippen LogP contribution in [-0.4, -0.2) is 18.6 Å². The maximum absolute atomic E-state index is 12.0. The van der Waals surface area contributed by atoms with Crippen LogP contribution in [0.5, 0.6) is 0 Å². The Morgan fingerprint density at radius 1 is 0.895 bits per heavy atom. The summed E-state index contributed by atoms with van der Waals surface area (Å²) in [7, 11) is 1.53. The molecule has 7 rings (SSSR count). The fourth-order valence-electron chi connectivity index (χ4n) is 13.2. The molecule has 0 amide bonds. The van der Waals surface area contributed by atoms with E-state index < -0.39 is 0 Å². The van der Waals surface area contributed by atoms with E-state index in [4.69, 9.17) is 10.5 Å². The van der Waals surface area contributed by atoms with Crippen molar-refractivity contribution in [2.75, 3.05) is 7.11 Å². The second kappa shape index (κ2) is 7.80. The van der Waals surface area contributed by atoms with Crippen molar-refractivity contribution in [2.24, 2.45) is 62.4 Å². The number of rotatable bonds is 2. The Kier molecular flexibility index (Phi) is 5.31. The van der Waals surface area contributed by atoms with Gasteiger partial charge in [0.05, 0.1) is 13.0 Å². The lowest BCUT2D eigenvalue weighted by Crippen LogP contribution is -2.66. The molecule has 210 valence electrons. The fraction of sp³-hybridized carbons (Fsp3) is 0.857. The highest BCUT2D eigenvalue weighted by atomic mass is 16.5. The number of carbonyl (C=O) groups is 1. The van der Waals surface area contributed by atoms with E-state index >= 15 is 0 Å². The van der Waals surface area contributed by atoms with Crippen molar-refractivity contribution in [3.05, 3.63) is 23.3 Å². The summed E-state index contributed by atoms with van der Waals surface area (Å²) >= 11 is 0. The van der Waals surface area contributed by atoms with Gasteiger partial charge in [0.25, 0.3) is 0 Å². The maximum Gasteiger partial charge on any atom is 0.308 e. The molecule has 0 heterocycles. The van der Waals surface area contributed by atoms with Gasteiger partial charge in [0.2, 0.25) is 0 Å². The van der Waals surface area contributed by atoms with Gasteiger partial charge in [-0.2, -0.15) is 0 Å². The molecule has 0 aromatic rings. The molecule has 5 fully saturated rings. The Bertz CT molecular complexity index is 1110. The molecule has 5 saturated carbocycles. The number of carbonyl (C=O) groups excluding carboxylic acids is 1. The zero-order chi connectivity index (χ0) is 26.9. The number of hydrogen-bond donors (Lipinski definition) is 1. The van der Waals surface area contributed by atoms with Crippen LogP contribution >= 0.6 is 0 Å². The van der Waals surface area contributed by atoms with E-state index in [1.54, 1.807) is 11.1 Å². The lowest BCUT2D eigenvalue weighted by Gasteiger charge is -2.72. The molecule has 3 nitrogen and oxygen atoms in total. The number of nitrogens with two attached hydrogens (primary N) is 1. The first-order chi connectivity index (χ1) is 17.8. The van der Waals surface area contributed by atoms with E-state index in [0.717, 1.165) is 36.5 Å². The SMILES string of the molecule is COC(=O)C1CC2(C=C(C3=CCC4(C)C(CCC5(C)C4CCC4[C@H]6CCCC6(N)CC[C@]45C)C3(C)C)C2)C1. The van der Waals surface area contributed by atoms with Crippen LogP contribution in [0.1, 0.15) is 118 Å². The molecule has 8 atom stereocenters. The minimum absolute atomic E-state index is 0.0119. The van der Waals surface area contributed by atoms with Crippen molar-refractivity contribution in [3.63, 3.8) is 0 Å². The average molecular weight is 520 g/mol. The second-order valence-corrected chi connectivity index (χ2v) is 16.8. The maximum atomic E-state index is 12.0. The summed E-state index contributed by atoms with van der Waals surface area (Å²) in [6, 6.07) is 0. The molecular weight excluding hydrogens is 466 g/mol. The highest BCUT2D eigenvalue weighted by Crippen LogP contribution is 2.76. The van der Waals surface area contributed by atoms with E-state index in [1.165, 1.54) is 77.7 Å². The summed E-state index contributed by atoms with van der Waals surface area (Å²) < 4.78 is 5.00. The third-order valence-corrected chi connectivity index (χ3v) is 15.2. The molecule has 7 aliphatic carbocycles. The standard InChI is InChI=1S/C35H53NO2/c1-30(2)24(22-18-34(19-22)20-23(21-34)29(37)38-6)11-14-31(3)27(30)12-15-33(5)28(31)10-9-25-26-8-7-13-35(26,36)17-16-32(25,33)4/h11,18,23,25-28H,7-10,12-17,19-21,36H2,1-6H3/t23?,25?,26-,27?,28?,31?,32-,33?,34?,35?/m1/s1. The van der Waals surface area contributed by atoms with Gasteiger partial charge in [0, 0.05) is 5.54 Å². The third kappa shape index (κ3) is 3.04. The van der Waals surface area contributed by atoms with E-state index in [2.05, 4.69) is 46.8 Å². The van der Waals surface area contributed by atoms with E-state index in [9.17, 15) is 4.79 Å². The normalized spacial score (nSPS) is 54.2. The predicted octanol–water partition coefficient (Wildman–Crippen LogP) is 7.99. The van der Waals surface area contributed by atoms with Crippen LogP contribution in [-0.2, 0) is 9.53 Å². The van der Waals surface area contributed by atoms with E-state index in [-0.39, 0.29) is 28.3 Å². The van der Waals surface area contributed by atoms with Crippen LogP contribution in [0, 0.1) is 56.7 Å². The van der Waals surface area contributed by atoms with E-state index in [0.29, 0.717) is 16.2 Å². The van der Waals surface area contributed by atoms with Crippen LogP contribution < -0.4 is 5.73 Å². The molecule has 0 saturated heterocycles. The Morgan fingerprint density at radius 2 is 1.63 bits per heavy atom. The first-order valence-electron chi connectivity index (χ1n) is 16.1. The molecule has 0 aromatic carbocycles. The second-order valence-electron chi connectivity index (χ2n) is 16.8. The van der Waals surface area contributed by atoms with Crippen LogP contribution in [0.4, 0.5) is 0 Å².